The molecule has 1 unspecified atom stereocenters. The summed E-state index contributed by atoms with van der Waals surface area (Å²) in [5.74, 6) is -0.0522. The molecule has 0 bridgehead atoms. The fourth-order valence-electron chi connectivity index (χ4n) is 2.02. The fraction of sp³-hybridized carbons (Fsp3) is 0.818. The highest BCUT2D eigenvalue weighted by molar-refractivity contribution is 5.86. The standard InChI is InChI=1S/C11H17NO4/c1-11(2,3)16-10(14)12-4-7-8(13)6-15-9(7)5-12/h7,9H,4-6H2,1-3H3/t7-,9?/m1/s1. The lowest BCUT2D eigenvalue weighted by atomic mass is 10.1. The third kappa shape index (κ3) is 2.19. The first-order valence-electron chi connectivity index (χ1n) is 5.49. The maximum atomic E-state index is 11.7. The molecular formula is C11H17NO4. The summed E-state index contributed by atoms with van der Waals surface area (Å²) in [5.41, 5.74) is -0.500. The minimum atomic E-state index is -0.500. The van der Waals surface area contributed by atoms with Crippen molar-refractivity contribution in [3.05, 3.63) is 0 Å². The van der Waals surface area contributed by atoms with Crippen LogP contribution in [-0.4, -0.2) is 48.2 Å². The Bertz CT molecular complexity index is 320. The normalized spacial score (nSPS) is 29.4. The van der Waals surface area contributed by atoms with Crippen molar-refractivity contribution in [1.29, 1.82) is 0 Å². The van der Waals surface area contributed by atoms with E-state index in [4.69, 9.17) is 9.47 Å². The van der Waals surface area contributed by atoms with Gasteiger partial charge in [0.15, 0.2) is 5.78 Å². The average molecular weight is 227 g/mol. The van der Waals surface area contributed by atoms with Gasteiger partial charge in [0.05, 0.1) is 18.6 Å². The SMILES string of the molecule is CC(C)(C)OC(=O)N1CC2OCC(=O)[C@H]2C1. The first-order chi connectivity index (χ1) is 7.37. The van der Waals surface area contributed by atoms with Gasteiger partial charge in [-0.1, -0.05) is 0 Å². The quantitative estimate of drug-likeness (QED) is 0.615. The third-order valence-corrected chi connectivity index (χ3v) is 2.77. The van der Waals surface area contributed by atoms with Crippen LogP contribution < -0.4 is 0 Å². The van der Waals surface area contributed by atoms with Gasteiger partial charge in [-0.25, -0.2) is 4.79 Å². The van der Waals surface area contributed by atoms with E-state index >= 15 is 0 Å². The van der Waals surface area contributed by atoms with Crippen molar-refractivity contribution in [2.75, 3.05) is 19.7 Å². The number of carbonyl (C=O) groups excluding carboxylic acids is 2. The molecule has 2 fully saturated rings. The monoisotopic (exact) mass is 227 g/mol. The molecule has 16 heavy (non-hydrogen) atoms. The Hall–Kier alpha value is -1.10. The number of ketones is 1. The topological polar surface area (TPSA) is 55.8 Å². The zero-order chi connectivity index (χ0) is 11.9. The van der Waals surface area contributed by atoms with E-state index in [2.05, 4.69) is 0 Å². The van der Waals surface area contributed by atoms with Crippen molar-refractivity contribution in [3.8, 4) is 0 Å². The van der Waals surface area contributed by atoms with Gasteiger partial charge in [-0.3, -0.25) is 4.79 Å². The molecule has 2 heterocycles. The number of Topliss-reactive ketones (excluding diaryl/α,β-unsaturated/α-hetero) is 1. The highest BCUT2D eigenvalue weighted by Gasteiger charge is 2.45. The maximum absolute atomic E-state index is 11.7. The van der Waals surface area contributed by atoms with Crippen molar-refractivity contribution >= 4 is 11.9 Å². The Morgan fingerprint density at radius 3 is 2.69 bits per heavy atom. The Morgan fingerprint density at radius 1 is 1.44 bits per heavy atom. The molecule has 0 aromatic heterocycles. The Balaban J connectivity index is 1.94. The van der Waals surface area contributed by atoms with Crippen molar-refractivity contribution in [2.45, 2.75) is 32.5 Å². The summed E-state index contributed by atoms with van der Waals surface area (Å²) in [6, 6.07) is 0. The first kappa shape index (κ1) is 11.4. The molecule has 0 radical (unpaired) electrons. The van der Waals surface area contributed by atoms with Gasteiger partial charge < -0.3 is 14.4 Å². The fourth-order valence-corrected chi connectivity index (χ4v) is 2.02. The van der Waals surface area contributed by atoms with Crippen LogP contribution in [0, 0.1) is 5.92 Å². The van der Waals surface area contributed by atoms with Crippen molar-refractivity contribution in [1.82, 2.24) is 4.90 Å². The Morgan fingerprint density at radius 2 is 2.12 bits per heavy atom. The summed E-state index contributed by atoms with van der Waals surface area (Å²) < 4.78 is 10.5. The molecule has 0 saturated carbocycles. The molecule has 2 rings (SSSR count). The zero-order valence-corrected chi connectivity index (χ0v) is 9.86. The number of nitrogens with zero attached hydrogens (tertiary/aromatic N) is 1. The van der Waals surface area contributed by atoms with Gasteiger partial charge in [0, 0.05) is 6.54 Å². The van der Waals surface area contributed by atoms with Crippen molar-refractivity contribution in [3.63, 3.8) is 0 Å². The van der Waals surface area contributed by atoms with E-state index in [-0.39, 0.29) is 30.5 Å². The number of likely N-dealkylation sites (tertiary alicyclic amines) is 1. The summed E-state index contributed by atoms with van der Waals surface area (Å²) in [6.07, 6.45) is -0.488. The minimum absolute atomic E-state index is 0.0936. The Kier molecular flexibility index (Phi) is 2.66. The molecule has 90 valence electrons. The van der Waals surface area contributed by atoms with Gasteiger partial charge in [0.2, 0.25) is 0 Å². The van der Waals surface area contributed by atoms with Crippen molar-refractivity contribution < 1.29 is 19.1 Å². The van der Waals surface area contributed by atoms with E-state index in [1.165, 1.54) is 0 Å². The number of hydrogen-bond donors (Lipinski definition) is 0. The third-order valence-electron chi connectivity index (χ3n) is 2.77. The van der Waals surface area contributed by atoms with E-state index < -0.39 is 5.60 Å². The molecule has 5 heteroatoms. The van der Waals surface area contributed by atoms with Crippen LogP contribution in [-0.2, 0) is 14.3 Å². The van der Waals surface area contributed by atoms with E-state index in [9.17, 15) is 9.59 Å². The molecule has 2 aliphatic heterocycles. The second-order valence-electron chi connectivity index (χ2n) is 5.31. The smallest absolute Gasteiger partial charge is 0.410 e. The van der Waals surface area contributed by atoms with E-state index in [0.29, 0.717) is 13.1 Å². The lowest BCUT2D eigenvalue weighted by Gasteiger charge is -2.24. The van der Waals surface area contributed by atoms with Gasteiger partial charge >= 0.3 is 6.09 Å². The van der Waals surface area contributed by atoms with E-state index in [0.717, 1.165) is 0 Å². The van der Waals surface area contributed by atoms with Crippen LogP contribution in [0.1, 0.15) is 20.8 Å². The molecule has 0 aromatic carbocycles. The molecule has 2 saturated heterocycles. The number of amides is 1. The van der Waals surface area contributed by atoms with Crippen LogP contribution in [0.15, 0.2) is 0 Å². The first-order valence-corrected chi connectivity index (χ1v) is 5.49. The molecule has 5 nitrogen and oxygen atoms in total. The molecule has 2 aliphatic rings. The molecule has 2 atom stereocenters. The van der Waals surface area contributed by atoms with Crippen molar-refractivity contribution in [2.24, 2.45) is 5.92 Å². The van der Waals surface area contributed by atoms with Gasteiger partial charge in [-0.2, -0.15) is 0 Å². The van der Waals surface area contributed by atoms with Gasteiger partial charge in [0.25, 0.3) is 0 Å². The summed E-state index contributed by atoms with van der Waals surface area (Å²) >= 11 is 0. The number of hydrogen-bond acceptors (Lipinski definition) is 4. The summed E-state index contributed by atoms with van der Waals surface area (Å²) in [4.78, 5) is 24.7. The molecule has 1 amide bonds. The Labute approximate surface area is 94.7 Å². The largest absolute Gasteiger partial charge is 0.444 e. The summed E-state index contributed by atoms with van der Waals surface area (Å²) in [7, 11) is 0. The van der Waals surface area contributed by atoms with Crippen LogP contribution in [0.2, 0.25) is 0 Å². The van der Waals surface area contributed by atoms with Crippen LogP contribution in [0.25, 0.3) is 0 Å². The highest BCUT2D eigenvalue weighted by atomic mass is 16.6. The molecule has 0 aromatic rings. The second kappa shape index (κ2) is 3.73. The number of fused-ring (bicyclic) bond motifs is 1. The summed E-state index contributed by atoms with van der Waals surface area (Å²) in [5, 5.41) is 0. The second-order valence-corrected chi connectivity index (χ2v) is 5.31. The van der Waals surface area contributed by atoms with Gasteiger partial charge in [-0.05, 0) is 20.8 Å². The predicted molar refractivity (Wildman–Crippen MR) is 56.0 cm³/mol. The van der Waals surface area contributed by atoms with Crippen LogP contribution in [0.4, 0.5) is 4.79 Å². The highest BCUT2D eigenvalue weighted by Crippen LogP contribution is 2.27. The van der Waals surface area contributed by atoms with Crippen LogP contribution in [0.3, 0.4) is 0 Å². The van der Waals surface area contributed by atoms with E-state index in [1.54, 1.807) is 4.90 Å². The van der Waals surface area contributed by atoms with Gasteiger partial charge in [0.1, 0.15) is 12.2 Å². The van der Waals surface area contributed by atoms with E-state index in [1.807, 2.05) is 20.8 Å². The molecular weight excluding hydrogens is 210 g/mol. The number of carbonyl (C=O) groups is 2. The lowest BCUT2D eigenvalue weighted by Crippen LogP contribution is -2.36. The molecule has 0 aliphatic carbocycles. The molecule has 0 spiro atoms. The maximum Gasteiger partial charge on any atom is 0.410 e. The number of rotatable bonds is 0. The van der Waals surface area contributed by atoms with Crippen LogP contribution >= 0.6 is 0 Å². The zero-order valence-electron chi connectivity index (χ0n) is 9.86. The number of ether oxygens (including phenoxy) is 2. The minimum Gasteiger partial charge on any atom is -0.444 e. The van der Waals surface area contributed by atoms with Gasteiger partial charge in [-0.15, -0.1) is 0 Å². The molecule has 0 N–H and O–H groups in total. The average Bonchev–Trinajstić information content (AvgIpc) is 2.65. The summed E-state index contributed by atoms with van der Waals surface area (Å²) in [6.45, 7) is 6.55. The lowest BCUT2D eigenvalue weighted by molar-refractivity contribution is -0.120. The van der Waals surface area contributed by atoms with Crippen LogP contribution in [0.5, 0.6) is 0 Å². The predicted octanol–water partition coefficient (Wildman–Crippen LogP) is 0.821.